The SMILES string of the molecule is C[C](OCC1CCC1)OCC1CCC1. The van der Waals surface area contributed by atoms with Crippen molar-refractivity contribution in [1.82, 2.24) is 0 Å². The van der Waals surface area contributed by atoms with E-state index in [1.54, 1.807) is 0 Å². The Morgan fingerprint density at radius 1 is 0.929 bits per heavy atom. The first-order chi connectivity index (χ1) is 6.84. The average Bonchev–Trinajstić information content (AvgIpc) is 1.98. The van der Waals surface area contributed by atoms with Crippen LogP contribution in [0.25, 0.3) is 0 Å². The molecule has 0 atom stereocenters. The number of hydrogen-bond acceptors (Lipinski definition) is 2. The monoisotopic (exact) mass is 197 g/mol. The summed E-state index contributed by atoms with van der Waals surface area (Å²) in [6, 6.07) is 0. The summed E-state index contributed by atoms with van der Waals surface area (Å²) in [5, 5.41) is 0. The first-order valence-corrected chi connectivity index (χ1v) is 5.94. The van der Waals surface area contributed by atoms with Gasteiger partial charge in [-0.1, -0.05) is 12.8 Å². The van der Waals surface area contributed by atoms with E-state index >= 15 is 0 Å². The lowest BCUT2D eigenvalue weighted by molar-refractivity contribution is -0.0715. The molecule has 0 aliphatic heterocycles. The summed E-state index contributed by atoms with van der Waals surface area (Å²) in [4.78, 5) is 0. The van der Waals surface area contributed by atoms with Gasteiger partial charge in [-0.25, -0.2) is 0 Å². The summed E-state index contributed by atoms with van der Waals surface area (Å²) >= 11 is 0. The van der Waals surface area contributed by atoms with Gasteiger partial charge in [0.2, 0.25) is 6.29 Å². The van der Waals surface area contributed by atoms with E-state index in [0.29, 0.717) is 0 Å². The van der Waals surface area contributed by atoms with Crippen molar-refractivity contribution in [1.29, 1.82) is 0 Å². The minimum Gasteiger partial charge on any atom is -0.345 e. The van der Waals surface area contributed by atoms with Crippen LogP contribution in [0.2, 0.25) is 0 Å². The van der Waals surface area contributed by atoms with Gasteiger partial charge in [-0.05, 0) is 44.4 Å². The predicted molar refractivity (Wildman–Crippen MR) is 55.5 cm³/mol. The van der Waals surface area contributed by atoms with Crippen molar-refractivity contribution in [2.24, 2.45) is 11.8 Å². The maximum Gasteiger partial charge on any atom is 0.220 e. The molecule has 0 aromatic rings. The quantitative estimate of drug-likeness (QED) is 0.651. The van der Waals surface area contributed by atoms with E-state index in [4.69, 9.17) is 9.47 Å². The van der Waals surface area contributed by atoms with Gasteiger partial charge in [0, 0.05) is 0 Å². The lowest BCUT2D eigenvalue weighted by atomic mass is 9.86. The molecular formula is C12H21O2. The van der Waals surface area contributed by atoms with Crippen LogP contribution in [0, 0.1) is 18.1 Å². The standard InChI is InChI=1S/C12H21O2/c1-10(13-8-11-4-2-5-11)14-9-12-6-3-7-12/h11-12H,2-9H2,1H3. The van der Waals surface area contributed by atoms with Crippen LogP contribution in [-0.2, 0) is 9.47 Å². The highest BCUT2D eigenvalue weighted by Gasteiger charge is 2.21. The van der Waals surface area contributed by atoms with E-state index in [1.165, 1.54) is 38.5 Å². The smallest absolute Gasteiger partial charge is 0.220 e. The summed E-state index contributed by atoms with van der Waals surface area (Å²) in [6.45, 7) is 3.68. The maximum atomic E-state index is 5.56. The summed E-state index contributed by atoms with van der Waals surface area (Å²) < 4.78 is 11.1. The molecule has 2 nitrogen and oxygen atoms in total. The molecule has 81 valence electrons. The molecule has 0 bridgehead atoms. The van der Waals surface area contributed by atoms with Gasteiger partial charge in [-0.3, -0.25) is 0 Å². The van der Waals surface area contributed by atoms with Gasteiger partial charge in [0.05, 0.1) is 13.2 Å². The number of hydrogen-bond donors (Lipinski definition) is 0. The largest absolute Gasteiger partial charge is 0.345 e. The van der Waals surface area contributed by atoms with Crippen molar-refractivity contribution in [3.05, 3.63) is 6.29 Å². The third kappa shape index (κ3) is 2.96. The molecule has 0 N–H and O–H groups in total. The first kappa shape index (κ1) is 10.4. The van der Waals surface area contributed by atoms with Gasteiger partial charge in [-0.2, -0.15) is 0 Å². The minimum absolute atomic E-state index is 0.781. The second-order valence-electron chi connectivity index (χ2n) is 4.71. The van der Waals surface area contributed by atoms with Crippen LogP contribution < -0.4 is 0 Å². The second-order valence-corrected chi connectivity index (χ2v) is 4.71. The highest BCUT2D eigenvalue weighted by Crippen LogP contribution is 2.29. The number of ether oxygens (including phenoxy) is 2. The highest BCUT2D eigenvalue weighted by molar-refractivity contribution is 4.72. The Morgan fingerprint density at radius 3 is 1.64 bits per heavy atom. The predicted octanol–water partition coefficient (Wildman–Crippen LogP) is 3.13. The lowest BCUT2D eigenvalue weighted by Gasteiger charge is -2.28. The zero-order chi connectivity index (χ0) is 9.80. The summed E-state index contributed by atoms with van der Waals surface area (Å²) in [6.07, 6.45) is 8.92. The van der Waals surface area contributed by atoms with Crippen LogP contribution in [0.5, 0.6) is 0 Å². The summed E-state index contributed by atoms with van der Waals surface area (Å²) in [5.74, 6) is 1.61. The Balaban J connectivity index is 1.47. The van der Waals surface area contributed by atoms with Crippen molar-refractivity contribution in [2.45, 2.75) is 45.4 Å². The Bertz CT molecular complexity index is 144. The zero-order valence-corrected chi connectivity index (χ0v) is 9.13. The molecule has 14 heavy (non-hydrogen) atoms. The van der Waals surface area contributed by atoms with Crippen LogP contribution in [0.1, 0.15) is 45.4 Å². The van der Waals surface area contributed by atoms with Crippen LogP contribution in [0.4, 0.5) is 0 Å². The van der Waals surface area contributed by atoms with Crippen molar-refractivity contribution in [2.75, 3.05) is 13.2 Å². The van der Waals surface area contributed by atoms with Gasteiger partial charge in [0.1, 0.15) is 0 Å². The second kappa shape index (κ2) is 5.13. The minimum atomic E-state index is 0.781. The zero-order valence-electron chi connectivity index (χ0n) is 9.13. The Kier molecular flexibility index (Phi) is 3.82. The van der Waals surface area contributed by atoms with Gasteiger partial charge in [-0.15, -0.1) is 0 Å². The van der Waals surface area contributed by atoms with Crippen LogP contribution in [0.15, 0.2) is 0 Å². The summed E-state index contributed by atoms with van der Waals surface area (Å²) in [5.41, 5.74) is 0. The van der Waals surface area contributed by atoms with Crippen LogP contribution >= 0.6 is 0 Å². The molecule has 2 fully saturated rings. The molecule has 0 amide bonds. The third-order valence-corrected chi connectivity index (χ3v) is 3.49. The molecule has 2 heteroatoms. The van der Waals surface area contributed by atoms with Gasteiger partial charge in [0.15, 0.2) is 0 Å². The number of rotatable bonds is 6. The van der Waals surface area contributed by atoms with Crippen molar-refractivity contribution in [3.63, 3.8) is 0 Å². The molecule has 0 spiro atoms. The molecule has 0 aromatic carbocycles. The Hall–Kier alpha value is -0.0800. The first-order valence-electron chi connectivity index (χ1n) is 5.94. The molecule has 2 saturated carbocycles. The average molecular weight is 197 g/mol. The van der Waals surface area contributed by atoms with Crippen molar-refractivity contribution in [3.8, 4) is 0 Å². The van der Waals surface area contributed by atoms with Crippen LogP contribution in [-0.4, -0.2) is 13.2 Å². The van der Waals surface area contributed by atoms with Gasteiger partial charge in [0.25, 0.3) is 0 Å². The topological polar surface area (TPSA) is 18.5 Å². The normalized spacial score (nSPS) is 23.6. The molecule has 2 aliphatic carbocycles. The van der Waals surface area contributed by atoms with E-state index in [1.807, 2.05) is 6.92 Å². The fraction of sp³-hybridized carbons (Fsp3) is 0.917. The molecule has 0 unspecified atom stereocenters. The van der Waals surface area contributed by atoms with Crippen molar-refractivity contribution < 1.29 is 9.47 Å². The Labute approximate surface area is 87.0 Å². The lowest BCUT2D eigenvalue weighted by Crippen LogP contribution is -2.22. The van der Waals surface area contributed by atoms with E-state index in [-0.39, 0.29) is 0 Å². The molecule has 0 saturated heterocycles. The molecule has 1 radical (unpaired) electrons. The van der Waals surface area contributed by atoms with E-state index in [0.717, 1.165) is 31.3 Å². The van der Waals surface area contributed by atoms with E-state index < -0.39 is 0 Å². The van der Waals surface area contributed by atoms with Gasteiger partial charge < -0.3 is 9.47 Å². The van der Waals surface area contributed by atoms with E-state index in [9.17, 15) is 0 Å². The maximum absolute atomic E-state index is 5.56. The molecule has 2 aliphatic rings. The summed E-state index contributed by atoms with van der Waals surface area (Å²) in [7, 11) is 0. The third-order valence-electron chi connectivity index (χ3n) is 3.49. The molecule has 2 rings (SSSR count). The molecular weight excluding hydrogens is 176 g/mol. The highest BCUT2D eigenvalue weighted by atomic mass is 16.7. The molecule has 0 heterocycles. The fourth-order valence-electron chi connectivity index (χ4n) is 1.83. The fourth-order valence-corrected chi connectivity index (χ4v) is 1.83. The van der Waals surface area contributed by atoms with Gasteiger partial charge >= 0.3 is 0 Å². The Morgan fingerprint density at radius 2 is 1.36 bits per heavy atom. The van der Waals surface area contributed by atoms with E-state index in [2.05, 4.69) is 0 Å². The van der Waals surface area contributed by atoms with Crippen LogP contribution in [0.3, 0.4) is 0 Å². The van der Waals surface area contributed by atoms with Crippen molar-refractivity contribution >= 4 is 0 Å². The molecule has 0 aromatic heterocycles.